The van der Waals surface area contributed by atoms with Gasteiger partial charge in [0.15, 0.2) is 0 Å². The summed E-state index contributed by atoms with van der Waals surface area (Å²) in [5.41, 5.74) is 0. The van der Waals surface area contributed by atoms with Crippen molar-refractivity contribution >= 4 is 71.7 Å². The molecule has 22 heavy (non-hydrogen) atoms. The molecular formula is C10H16N2O8Sn2. The number of hydrogen-bond donors (Lipinski definition) is 0. The number of carbonyl (C=O) groups excluding carboxylic acids is 4. The Bertz CT molecular complexity index is 325. The van der Waals surface area contributed by atoms with Gasteiger partial charge in [-0.05, 0) is 0 Å². The van der Waals surface area contributed by atoms with E-state index in [4.69, 9.17) is 0 Å². The summed E-state index contributed by atoms with van der Waals surface area (Å²) in [4.78, 5) is 43.4. The Balaban J connectivity index is -0.00000180. The molecule has 10 nitrogen and oxygen atoms in total. The predicted octanol–water partition coefficient (Wildman–Crippen LogP) is -9.24. The van der Waals surface area contributed by atoms with Crippen molar-refractivity contribution in [1.82, 2.24) is 9.80 Å². The van der Waals surface area contributed by atoms with E-state index in [0.717, 1.165) is 9.80 Å². The average molecular weight is 530 g/mol. The van der Waals surface area contributed by atoms with Gasteiger partial charge in [-0.25, -0.2) is 0 Å². The maximum absolute atomic E-state index is 10.4. The van der Waals surface area contributed by atoms with Crippen molar-refractivity contribution in [3.8, 4) is 0 Å². The zero-order valence-electron chi connectivity index (χ0n) is 11.8. The molecule has 0 spiro atoms. The van der Waals surface area contributed by atoms with Crippen molar-refractivity contribution in [1.29, 1.82) is 0 Å². The van der Waals surface area contributed by atoms with Gasteiger partial charge in [0.05, 0.1) is 23.9 Å². The Labute approximate surface area is 160 Å². The summed E-state index contributed by atoms with van der Waals surface area (Å²) >= 11 is 0. The molecule has 0 aromatic heterocycles. The van der Waals surface area contributed by atoms with Gasteiger partial charge in [-0.15, -0.1) is 0 Å². The fourth-order valence-electron chi connectivity index (χ4n) is 1.44. The Morgan fingerprint density at radius 3 is 0.864 bits per heavy atom. The SMILES string of the molecule is O=C([O-])CN(CCN(CC(=O)[O-])CC(=O)[O-])CC(=O)[O-].[SnH2+2].[SnH2+2]. The summed E-state index contributed by atoms with van der Waals surface area (Å²) in [6.07, 6.45) is 0. The summed E-state index contributed by atoms with van der Waals surface area (Å²) in [6.45, 7) is -3.25. The van der Waals surface area contributed by atoms with Crippen molar-refractivity contribution in [2.24, 2.45) is 0 Å². The van der Waals surface area contributed by atoms with E-state index >= 15 is 0 Å². The normalized spacial score (nSPS) is 9.73. The van der Waals surface area contributed by atoms with Crippen molar-refractivity contribution in [2.45, 2.75) is 0 Å². The van der Waals surface area contributed by atoms with Gasteiger partial charge in [0.1, 0.15) is 0 Å². The van der Waals surface area contributed by atoms with Crippen LogP contribution in [-0.2, 0) is 19.2 Å². The van der Waals surface area contributed by atoms with Gasteiger partial charge in [-0.1, -0.05) is 0 Å². The van der Waals surface area contributed by atoms with Crippen LogP contribution in [0.2, 0.25) is 0 Å². The first-order chi connectivity index (χ1) is 9.20. The molecule has 0 aromatic carbocycles. The molecule has 0 saturated carbocycles. The topological polar surface area (TPSA) is 167 Å². The van der Waals surface area contributed by atoms with Crippen LogP contribution in [0.5, 0.6) is 0 Å². The van der Waals surface area contributed by atoms with Gasteiger partial charge >= 0.3 is 47.8 Å². The summed E-state index contributed by atoms with van der Waals surface area (Å²) in [7, 11) is 0. The second kappa shape index (κ2) is 14.0. The van der Waals surface area contributed by atoms with Crippen LogP contribution in [0, 0.1) is 0 Å². The van der Waals surface area contributed by atoms with Crippen LogP contribution in [0.4, 0.5) is 0 Å². The van der Waals surface area contributed by atoms with Gasteiger partial charge < -0.3 is 39.6 Å². The summed E-state index contributed by atoms with van der Waals surface area (Å²) in [5.74, 6) is -6.12. The third-order valence-corrected chi connectivity index (χ3v) is 2.14. The van der Waals surface area contributed by atoms with Crippen molar-refractivity contribution in [2.75, 3.05) is 39.3 Å². The number of aliphatic carboxylic acids is 4. The zero-order chi connectivity index (χ0) is 15.7. The van der Waals surface area contributed by atoms with Crippen molar-refractivity contribution < 1.29 is 39.6 Å². The van der Waals surface area contributed by atoms with E-state index < -0.39 is 50.1 Å². The molecule has 12 heteroatoms. The van der Waals surface area contributed by atoms with Crippen LogP contribution in [0.25, 0.3) is 0 Å². The standard InChI is InChI=1S/C10H16N2O8.2Sn.4H/c13-7(14)3-11(4-8(15)16)1-2-12(5-9(17)18)6-10(19)20;;;;;;/h1-6H2,(H,13,14)(H,15,16)(H,17,18)(H,19,20);;;;;;/q;2*+2;;;;/p-4. The van der Waals surface area contributed by atoms with E-state index in [2.05, 4.69) is 0 Å². The van der Waals surface area contributed by atoms with Crippen LogP contribution >= 0.6 is 0 Å². The van der Waals surface area contributed by atoms with Gasteiger partial charge in [0, 0.05) is 39.3 Å². The fourth-order valence-corrected chi connectivity index (χ4v) is 1.44. The van der Waals surface area contributed by atoms with Gasteiger partial charge in [-0.2, -0.15) is 0 Å². The first-order valence-corrected chi connectivity index (χ1v) is 5.44. The molecule has 0 aliphatic carbocycles. The number of carboxylic acids is 4. The molecule has 0 aliphatic rings. The van der Waals surface area contributed by atoms with E-state index in [1.54, 1.807) is 0 Å². The zero-order valence-corrected chi connectivity index (χ0v) is 19.9. The molecule has 0 fully saturated rings. The summed E-state index contributed by atoms with van der Waals surface area (Å²) in [6, 6.07) is 0. The van der Waals surface area contributed by atoms with Gasteiger partial charge in [0.25, 0.3) is 0 Å². The van der Waals surface area contributed by atoms with Gasteiger partial charge in [0.2, 0.25) is 0 Å². The van der Waals surface area contributed by atoms with Crippen LogP contribution < -0.4 is 20.4 Å². The minimum atomic E-state index is -1.53. The van der Waals surface area contributed by atoms with Crippen molar-refractivity contribution in [3.05, 3.63) is 0 Å². The number of carbonyl (C=O) groups is 4. The molecule has 0 amide bonds. The first kappa shape index (κ1) is 26.3. The van der Waals surface area contributed by atoms with Crippen LogP contribution in [0.15, 0.2) is 0 Å². The molecular weight excluding hydrogens is 514 g/mol. The molecule has 0 N–H and O–H groups in total. The molecule has 0 saturated heterocycles. The molecule has 0 aliphatic heterocycles. The second-order valence-corrected chi connectivity index (χ2v) is 3.91. The number of rotatable bonds is 11. The predicted molar refractivity (Wildman–Crippen MR) is 70.0 cm³/mol. The molecule has 0 unspecified atom stereocenters. The minimum absolute atomic E-state index is 0. The second-order valence-electron chi connectivity index (χ2n) is 3.91. The Hall–Kier alpha value is -0.603. The Morgan fingerprint density at radius 1 is 0.545 bits per heavy atom. The van der Waals surface area contributed by atoms with Crippen LogP contribution in [-0.4, -0.2) is 121 Å². The molecule has 122 valence electrons. The van der Waals surface area contributed by atoms with E-state index in [1.807, 2.05) is 0 Å². The monoisotopic (exact) mass is 532 g/mol. The van der Waals surface area contributed by atoms with Crippen LogP contribution in [0.1, 0.15) is 0 Å². The first-order valence-electron chi connectivity index (χ1n) is 5.44. The van der Waals surface area contributed by atoms with E-state index in [0.29, 0.717) is 0 Å². The third kappa shape index (κ3) is 15.8. The van der Waals surface area contributed by atoms with Crippen LogP contribution in [0.3, 0.4) is 0 Å². The quantitative estimate of drug-likeness (QED) is 0.234. The average Bonchev–Trinajstić information content (AvgIpc) is 2.22. The molecule has 0 aromatic rings. The molecule has 0 rings (SSSR count). The van der Waals surface area contributed by atoms with E-state index in [1.165, 1.54) is 0 Å². The van der Waals surface area contributed by atoms with Crippen molar-refractivity contribution in [3.63, 3.8) is 0 Å². The number of nitrogens with zero attached hydrogens (tertiary/aromatic N) is 2. The molecule has 0 radical (unpaired) electrons. The van der Waals surface area contributed by atoms with E-state index in [9.17, 15) is 39.6 Å². The molecule has 0 bridgehead atoms. The van der Waals surface area contributed by atoms with E-state index in [-0.39, 0.29) is 60.9 Å². The van der Waals surface area contributed by atoms with Gasteiger partial charge in [-0.3, -0.25) is 9.80 Å². The third-order valence-electron chi connectivity index (χ3n) is 2.14. The maximum atomic E-state index is 10.4. The summed E-state index contributed by atoms with van der Waals surface area (Å²) < 4.78 is 0. The summed E-state index contributed by atoms with van der Waals surface area (Å²) in [5, 5.41) is 41.6. The molecule has 0 heterocycles. The Kier molecular flexibility index (Phi) is 16.8. The fraction of sp³-hybridized carbons (Fsp3) is 0.600. The number of carboxylic acid groups (broad SMARTS) is 4. The number of hydrogen-bond acceptors (Lipinski definition) is 10. The Morgan fingerprint density at radius 2 is 0.727 bits per heavy atom. The molecule has 0 atom stereocenters.